The number of ether oxygens (including phenoxy) is 1. The van der Waals surface area contributed by atoms with E-state index in [1.165, 1.54) is 11.0 Å². The first kappa shape index (κ1) is 23.4. The Bertz CT molecular complexity index is 1230. The molecule has 0 spiro atoms. The molecule has 2 heterocycles. The second kappa shape index (κ2) is 8.91. The van der Waals surface area contributed by atoms with Gasteiger partial charge >= 0.3 is 0 Å². The lowest BCUT2D eigenvalue weighted by molar-refractivity contribution is -0.130. The van der Waals surface area contributed by atoms with E-state index in [4.69, 9.17) is 4.74 Å². The van der Waals surface area contributed by atoms with Crippen molar-refractivity contribution in [3.8, 4) is 11.5 Å². The number of amides is 1. The topological polar surface area (TPSA) is 75.7 Å². The van der Waals surface area contributed by atoms with Gasteiger partial charge in [-0.15, -0.1) is 0 Å². The molecular weight excluding hydrogens is 443 g/mol. The SMILES string of the molecule is CCC(C)c1cccc(Oc2ccc(S(C)(=O)=O)cc2C2=CN(C)C(=O)C3NCCC23)c1F.[HH]. The minimum Gasteiger partial charge on any atom is -0.454 e. The number of carbonyl (C=O) groups excluding carboxylic acids is 1. The Morgan fingerprint density at radius 2 is 2.03 bits per heavy atom. The van der Waals surface area contributed by atoms with Crippen LogP contribution in [0, 0.1) is 11.7 Å². The standard InChI is InChI=1S/C25H29FN2O4S.H2/c1-5-15(2)17-7-6-8-22(23(17)26)32-21-10-9-16(33(4,30)31)13-19(21)20-14-28(3)25(29)24-18(20)11-12-27-24;/h6-10,13-15,18,24,27H,5,11-12H2,1-4H3;1H. The number of carbonyl (C=O) groups is 1. The quantitative estimate of drug-likeness (QED) is 0.664. The smallest absolute Gasteiger partial charge is 0.244 e. The molecule has 0 saturated carbocycles. The molecule has 2 aromatic rings. The molecule has 6 nitrogen and oxygen atoms in total. The lowest BCUT2D eigenvalue weighted by Crippen LogP contribution is -2.46. The van der Waals surface area contributed by atoms with Crippen LogP contribution in [0.25, 0.3) is 5.57 Å². The number of halogens is 1. The summed E-state index contributed by atoms with van der Waals surface area (Å²) in [7, 11) is -1.81. The summed E-state index contributed by atoms with van der Waals surface area (Å²) >= 11 is 0. The summed E-state index contributed by atoms with van der Waals surface area (Å²) in [4.78, 5) is 14.3. The Labute approximate surface area is 195 Å². The lowest BCUT2D eigenvalue weighted by atomic mass is 9.84. The Morgan fingerprint density at radius 3 is 2.73 bits per heavy atom. The molecule has 4 rings (SSSR count). The number of likely N-dealkylation sites (N-methyl/N-ethyl adjacent to an activating group) is 1. The fourth-order valence-electron chi connectivity index (χ4n) is 4.53. The maximum atomic E-state index is 15.3. The minimum atomic E-state index is -3.48. The van der Waals surface area contributed by atoms with Gasteiger partial charge in [0.05, 0.1) is 10.9 Å². The van der Waals surface area contributed by atoms with Gasteiger partial charge in [-0.25, -0.2) is 12.8 Å². The highest BCUT2D eigenvalue weighted by Crippen LogP contribution is 2.42. The van der Waals surface area contributed by atoms with Crippen LogP contribution in [0.2, 0.25) is 0 Å². The third-order valence-electron chi connectivity index (χ3n) is 6.61. The van der Waals surface area contributed by atoms with Crippen LogP contribution in [0.15, 0.2) is 47.5 Å². The van der Waals surface area contributed by atoms with E-state index in [0.717, 1.165) is 24.7 Å². The Hall–Kier alpha value is -2.71. The maximum absolute atomic E-state index is 15.3. The molecule has 2 aromatic carbocycles. The molecule has 1 fully saturated rings. The van der Waals surface area contributed by atoms with Crippen LogP contribution in [0.1, 0.15) is 45.2 Å². The molecule has 3 unspecified atom stereocenters. The summed E-state index contributed by atoms with van der Waals surface area (Å²) < 4.78 is 45.9. The van der Waals surface area contributed by atoms with Gasteiger partial charge in [-0.3, -0.25) is 4.79 Å². The van der Waals surface area contributed by atoms with Gasteiger partial charge in [0.1, 0.15) is 5.75 Å². The second-order valence-corrected chi connectivity index (χ2v) is 10.9. The van der Waals surface area contributed by atoms with Crippen LogP contribution in [0.3, 0.4) is 0 Å². The summed E-state index contributed by atoms with van der Waals surface area (Å²) in [6.07, 6.45) is 4.40. The summed E-state index contributed by atoms with van der Waals surface area (Å²) in [5.41, 5.74) is 1.92. The molecule has 2 aliphatic heterocycles. The zero-order chi connectivity index (χ0) is 23.9. The zero-order valence-corrected chi connectivity index (χ0v) is 20.1. The van der Waals surface area contributed by atoms with Crippen molar-refractivity contribution in [3.63, 3.8) is 0 Å². The average Bonchev–Trinajstić information content (AvgIpc) is 3.27. The van der Waals surface area contributed by atoms with Gasteiger partial charge in [-0.2, -0.15) is 0 Å². The molecule has 8 heteroatoms. The molecular formula is C25H31FN2O4S. The van der Waals surface area contributed by atoms with Gasteiger partial charge < -0.3 is 15.0 Å². The van der Waals surface area contributed by atoms with Crippen LogP contribution in [0.5, 0.6) is 11.5 Å². The van der Waals surface area contributed by atoms with Crippen molar-refractivity contribution in [1.29, 1.82) is 0 Å². The Kier molecular flexibility index (Phi) is 6.33. The first-order valence-corrected chi connectivity index (χ1v) is 13.0. The highest BCUT2D eigenvalue weighted by molar-refractivity contribution is 7.90. The van der Waals surface area contributed by atoms with E-state index in [2.05, 4.69) is 5.32 Å². The van der Waals surface area contributed by atoms with Crippen molar-refractivity contribution in [1.82, 2.24) is 10.2 Å². The third kappa shape index (κ3) is 4.42. The predicted molar refractivity (Wildman–Crippen MR) is 127 cm³/mol. The second-order valence-electron chi connectivity index (χ2n) is 8.86. The minimum absolute atomic E-state index is 0. The highest BCUT2D eigenvalue weighted by Gasteiger charge is 2.41. The van der Waals surface area contributed by atoms with E-state index in [9.17, 15) is 13.2 Å². The predicted octanol–water partition coefficient (Wildman–Crippen LogP) is 4.57. The summed E-state index contributed by atoms with van der Waals surface area (Å²) in [6.45, 7) is 4.64. The molecule has 178 valence electrons. The number of rotatable bonds is 6. The molecule has 3 atom stereocenters. The average molecular weight is 475 g/mol. The van der Waals surface area contributed by atoms with Crippen molar-refractivity contribution >= 4 is 21.3 Å². The van der Waals surface area contributed by atoms with Gasteiger partial charge in [-0.1, -0.05) is 26.0 Å². The molecule has 1 N–H and O–H groups in total. The van der Waals surface area contributed by atoms with Crippen LogP contribution in [-0.4, -0.2) is 45.1 Å². The fourth-order valence-corrected chi connectivity index (χ4v) is 5.18. The van der Waals surface area contributed by atoms with E-state index in [1.807, 2.05) is 13.8 Å². The van der Waals surface area contributed by atoms with Crippen LogP contribution in [0.4, 0.5) is 4.39 Å². The van der Waals surface area contributed by atoms with Crippen LogP contribution >= 0.6 is 0 Å². The van der Waals surface area contributed by atoms with Gasteiger partial charge in [0, 0.05) is 32.4 Å². The normalized spacial score (nSPS) is 21.5. The molecule has 1 saturated heterocycles. The number of benzene rings is 2. The number of sulfone groups is 1. The molecule has 0 aliphatic carbocycles. The van der Waals surface area contributed by atoms with Gasteiger partial charge in [0.25, 0.3) is 0 Å². The first-order chi connectivity index (χ1) is 15.6. The van der Waals surface area contributed by atoms with Crippen molar-refractivity contribution in [3.05, 3.63) is 59.5 Å². The Morgan fingerprint density at radius 1 is 1.27 bits per heavy atom. The van der Waals surface area contributed by atoms with Crippen LogP contribution < -0.4 is 10.1 Å². The van der Waals surface area contributed by atoms with E-state index in [-0.39, 0.29) is 35.9 Å². The first-order valence-electron chi connectivity index (χ1n) is 11.1. The lowest BCUT2D eigenvalue weighted by Gasteiger charge is -2.32. The molecule has 0 aromatic heterocycles. The molecule has 0 bridgehead atoms. The maximum Gasteiger partial charge on any atom is 0.244 e. The molecule has 2 aliphatic rings. The van der Waals surface area contributed by atoms with Crippen molar-refractivity contribution in [2.75, 3.05) is 19.8 Å². The third-order valence-corrected chi connectivity index (χ3v) is 7.72. The van der Waals surface area contributed by atoms with E-state index >= 15 is 4.39 Å². The summed E-state index contributed by atoms with van der Waals surface area (Å²) in [6, 6.07) is 9.29. The molecule has 33 heavy (non-hydrogen) atoms. The monoisotopic (exact) mass is 474 g/mol. The number of nitrogens with zero attached hydrogens (tertiary/aromatic N) is 1. The van der Waals surface area contributed by atoms with Gasteiger partial charge in [0.15, 0.2) is 21.4 Å². The summed E-state index contributed by atoms with van der Waals surface area (Å²) in [5, 5.41) is 3.24. The van der Waals surface area contributed by atoms with E-state index < -0.39 is 15.7 Å². The van der Waals surface area contributed by atoms with Crippen molar-refractivity contribution in [2.45, 2.75) is 43.5 Å². The number of hydrogen-bond acceptors (Lipinski definition) is 5. The Balaban J connectivity index is 0.00000324. The van der Waals surface area contributed by atoms with E-state index in [1.54, 1.807) is 43.6 Å². The fraction of sp³-hybridized carbons (Fsp3) is 0.400. The number of hydrogen-bond donors (Lipinski definition) is 1. The zero-order valence-electron chi connectivity index (χ0n) is 19.3. The summed E-state index contributed by atoms with van der Waals surface area (Å²) in [5.74, 6) is -0.107. The van der Waals surface area contributed by atoms with Gasteiger partial charge in [-0.05, 0) is 60.7 Å². The van der Waals surface area contributed by atoms with Gasteiger partial charge in [0.2, 0.25) is 5.91 Å². The number of fused-ring (bicyclic) bond motifs is 1. The van der Waals surface area contributed by atoms with Crippen molar-refractivity contribution in [2.24, 2.45) is 5.92 Å². The molecule has 0 radical (unpaired) electrons. The van der Waals surface area contributed by atoms with E-state index in [0.29, 0.717) is 23.4 Å². The van der Waals surface area contributed by atoms with Crippen molar-refractivity contribution < 1.29 is 23.8 Å². The highest BCUT2D eigenvalue weighted by atomic mass is 32.2. The molecule has 1 amide bonds. The van der Waals surface area contributed by atoms with Crippen LogP contribution in [-0.2, 0) is 14.6 Å². The largest absolute Gasteiger partial charge is 0.454 e. The number of nitrogens with one attached hydrogen (secondary N) is 1.